The van der Waals surface area contributed by atoms with Gasteiger partial charge < -0.3 is 9.84 Å². The van der Waals surface area contributed by atoms with Gasteiger partial charge >= 0.3 is 16.4 Å². The van der Waals surface area contributed by atoms with Crippen molar-refractivity contribution in [3.8, 4) is 0 Å². The summed E-state index contributed by atoms with van der Waals surface area (Å²) in [4.78, 5) is 10.6. The molecule has 0 saturated carbocycles. The minimum Gasteiger partial charge on any atom is -0.460 e. The van der Waals surface area contributed by atoms with E-state index in [0.29, 0.717) is 5.57 Å². The zero-order valence-electron chi connectivity index (χ0n) is 8.37. The standard InChI is InChI=1S/C7H12O3.H2O4S/c1-5(2)7(9)10-4-6(3)8;1-5(2,3)4/h6,8H,1,4H2,2-3H3;(H2,1,2,3,4). The fraction of sp³-hybridized carbons (Fsp3) is 0.571. The van der Waals surface area contributed by atoms with Crippen LogP contribution in [0.4, 0.5) is 0 Å². The quantitative estimate of drug-likeness (QED) is 0.357. The first-order valence-corrected chi connectivity index (χ1v) is 5.14. The van der Waals surface area contributed by atoms with Gasteiger partial charge in [-0.2, -0.15) is 8.42 Å². The molecule has 0 heterocycles. The van der Waals surface area contributed by atoms with E-state index < -0.39 is 22.5 Å². The van der Waals surface area contributed by atoms with Gasteiger partial charge in [-0.05, 0) is 13.8 Å². The highest BCUT2D eigenvalue weighted by molar-refractivity contribution is 7.79. The van der Waals surface area contributed by atoms with Gasteiger partial charge in [0.25, 0.3) is 0 Å². The average molecular weight is 242 g/mol. The largest absolute Gasteiger partial charge is 0.460 e. The summed E-state index contributed by atoms with van der Waals surface area (Å²) in [5.74, 6) is -0.457. The molecule has 0 spiro atoms. The zero-order valence-corrected chi connectivity index (χ0v) is 9.19. The lowest BCUT2D eigenvalue weighted by molar-refractivity contribution is -0.141. The average Bonchev–Trinajstić information content (AvgIpc) is 1.96. The predicted molar refractivity (Wildman–Crippen MR) is 51.6 cm³/mol. The van der Waals surface area contributed by atoms with E-state index in [2.05, 4.69) is 11.3 Å². The van der Waals surface area contributed by atoms with Crippen molar-refractivity contribution < 1.29 is 32.2 Å². The lowest BCUT2D eigenvalue weighted by Gasteiger charge is -2.04. The van der Waals surface area contributed by atoms with Gasteiger partial charge in [-0.25, -0.2) is 4.79 Å². The van der Waals surface area contributed by atoms with Gasteiger partial charge in [-0.15, -0.1) is 0 Å². The molecule has 0 aromatic carbocycles. The van der Waals surface area contributed by atoms with Crippen molar-refractivity contribution in [2.45, 2.75) is 20.0 Å². The number of ether oxygens (including phenoxy) is 1. The molecule has 1 atom stereocenters. The molecule has 0 aliphatic rings. The number of hydrogen-bond acceptors (Lipinski definition) is 5. The lowest BCUT2D eigenvalue weighted by Crippen LogP contribution is -2.15. The van der Waals surface area contributed by atoms with Crippen LogP contribution in [0.5, 0.6) is 0 Å². The summed E-state index contributed by atoms with van der Waals surface area (Å²) < 4.78 is 36.2. The summed E-state index contributed by atoms with van der Waals surface area (Å²) in [5.41, 5.74) is 0.348. The van der Waals surface area contributed by atoms with E-state index in [1.54, 1.807) is 13.8 Å². The molecule has 1 unspecified atom stereocenters. The number of aliphatic hydroxyl groups is 1. The number of hydrogen-bond donors (Lipinski definition) is 3. The first-order valence-electron chi connectivity index (χ1n) is 3.74. The van der Waals surface area contributed by atoms with E-state index in [0.717, 1.165) is 0 Å². The molecule has 0 aromatic heterocycles. The first kappa shape index (κ1) is 16.5. The van der Waals surface area contributed by atoms with Gasteiger partial charge in [0.05, 0.1) is 6.10 Å². The van der Waals surface area contributed by atoms with Gasteiger partial charge in [-0.3, -0.25) is 9.11 Å². The maximum absolute atomic E-state index is 10.6. The maximum atomic E-state index is 10.6. The van der Waals surface area contributed by atoms with Crippen LogP contribution in [-0.2, 0) is 19.9 Å². The van der Waals surface area contributed by atoms with Crippen LogP contribution >= 0.6 is 0 Å². The molecule has 0 radical (unpaired) electrons. The van der Waals surface area contributed by atoms with Crippen LogP contribution in [0.25, 0.3) is 0 Å². The highest BCUT2D eigenvalue weighted by Crippen LogP contribution is 1.92. The molecule has 7 nitrogen and oxygen atoms in total. The monoisotopic (exact) mass is 242 g/mol. The maximum Gasteiger partial charge on any atom is 0.394 e. The summed E-state index contributed by atoms with van der Waals surface area (Å²) >= 11 is 0. The van der Waals surface area contributed by atoms with E-state index in [1.165, 1.54) is 0 Å². The van der Waals surface area contributed by atoms with Crippen LogP contribution in [-0.4, -0.2) is 41.3 Å². The van der Waals surface area contributed by atoms with Gasteiger partial charge in [0.1, 0.15) is 6.61 Å². The van der Waals surface area contributed by atoms with Crippen LogP contribution in [0.15, 0.2) is 12.2 Å². The molecule has 0 saturated heterocycles. The summed E-state index contributed by atoms with van der Waals surface area (Å²) in [6.45, 7) is 6.52. The van der Waals surface area contributed by atoms with Crippen molar-refractivity contribution in [3.05, 3.63) is 12.2 Å². The summed E-state index contributed by atoms with van der Waals surface area (Å²) in [6.07, 6.45) is -0.608. The topological polar surface area (TPSA) is 121 Å². The second kappa shape index (κ2) is 7.35. The van der Waals surface area contributed by atoms with Crippen molar-refractivity contribution in [3.63, 3.8) is 0 Å². The molecule has 0 rings (SSSR count). The zero-order chi connectivity index (χ0) is 12.6. The highest BCUT2D eigenvalue weighted by atomic mass is 32.3. The van der Waals surface area contributed by atoms with Crippen molar-refractivity contribution in [2.24, 2.45) is 0 Å². The molecule has 0 aliphatic carbocycles. The van der Waals surface area contributed by atoms with Crippen LogP contribution < -0.4 is 0 Å². The molecule has 0 fully saturated rings. The molecule has 90 valence electrons. The number of aliphatic hydroxyl groups excluding tert-OH is 1. The van der Waals surface area contributed by atoms with Crippen molar-refractivity contribution in [2.75, 3.05) is 6.61 Å². The van der Waals surface area contributed by atoms with Crippen LogP contribution in [0.3, 0.4) is 0 Å². The minimum atomic E-state index is -4.67. The molecular weight excluding hydrogens is 228 g/mol. The van der Waals surface area contributed by atoms with Gasteiger partial charge in [-0.1, -0.05) is 6.58 Å². The van der Waals surface area contributed by atoms with E-state index in [-0.39, 0.29) is 6.61 Å². The summed E-state index contributed by atoms with van der Waals surface area (Å²) in [6, 6.07) is 0. The highest BCUT2D eigenvalue weighted by Gasteiger charge is 2.03. The normalized spacial score (nSPS) is 12.1. The molecule has 15 heavy (non-hydrogen) atoms. The predicted octanol–water partition coefficient (Wildman–Crippen LogP) is -0.166. The number of carbonyl (C=O) groups is 1. The Hall–Kier alpha value is -0.960. The second-order valence-corrected chi connectivity index (χ2v) is 3.57. The molecule has 8 heteroatoms. The van der Waals surface area contributed by atoms with Crippen LogP contribution in [0.1, 0.15) is 13.8 Å². The van der Waals surface area contributed by atoms with E-state index in [1.807, 2.05) is 0 Å². The second-order valence-electron chi connectivity index (χ2n) is 2.68. The van der Waals surface area contributed by atoms with Crippen molar-refractivity contribution >= 4 is 16.4 Å². The smallest absolute Gasteiger partial charge is 0.394 e. The van der Waals surface area contributed by atoms with Gasteiger partial charge in [0, 0.05) is 5.57 Å². The van der Waals surface area contributed by atoms with Crippen molar-refractivity contribution in [1.29, 1.82) is 0 Å². The van der Waals surface area contributed by atoms with Gasteiger partial charge in [0.2, 0.25) is 0 Å². The summed E-state index contributed by atoms with van der Waals surface area (Å²) in [7, 11) is -4.67. The first-order chi connectivity index (χ1) is 6.54. The van der Waals surface area contributed by atoms with Gasteiger partial charge in [0.15, 0.2) is 0 Å². The molecule has 0 amide bonds. The molecular formula is C7H14O7S. The Morgan fingerprint density at radius 1 is 1.47 bits per heavy atom. The molecule has 0 aromatic rings. The van der Waals surface area contributed by atoms with Crippen molar-refractivity contribution in [1.82, 2.24) is 0 Å². The summed E-state index contributed by atoms with van der Waals surface area (Å²) in [5, 5.41) is 8.68. The Morgan fingerprint density at radius 2 is 1.80 bits per heavy atom. The molecule has 0 aliphatic heterocycles. The third kappa shape index (κ3) is 24.6. The molecule has 3 N–H and O–H groups in total. The minimum absolute atomic E-state index is 0.0334. The SMILES string of the molecule is C=C(C)C(=O)OCC(C)O.O=S(=O)(O)O. The Morgan fingerprint density at radius 3 is 2.00 bits per heavy atom. The van der Waals surface area contributed by atoms with Crippen LogP contribution in [0, 0.1) is 0 Å². The van der Waals surface area contributed by atoms with E-state index >= 15 is 0 Å². The number of esters is 1. The fourth-order valence-corrected chi connectivity index (χ4v) is 0.319. The molecule has 0 bridgehead atoms. The van der Waals surface area contributed by atoms with E-state index in [9.17, 15) is 4.79 Å². The lowest BCUT2D eigenvalue weighted by atomic mass is 10.3. The number of rotatable bonds is 3. The Kier molecular flexibility index (Phi) is 8.07. The van der Waals surface area contributed by atoms with E-state index in [4.69, 9.17) is 22.6 Å². The Balaban J connectivity index is 0. The Labute approximate surface area is 87.9 Å². The Bertz CT molecular complexity index is 295. The number of carbonyl (C=O) groups excluding carboxylic acids is 1. The van der Waals surface area contributed by atoms with Crippen LogP contribution in [0.2, 0.25) is 0 Å². The fourth-order valence-electron chi connectivity index (χ4n) is 0.319. The third-order valence-corrected chi connectivity index (χ3v) is 0.804. The third-order valence-electron chi connectivity index (χ3n) is 0.804.